The fraction of sp³-hybridized carbons (Fsp3) is 0.314. The average molecular weight is 599 g/mol. The molecule has 2 N–H and O–H groups in total. The maximum absolute atomic E-state index is 14.3. The Balaban J connectivity index is 1.92. The second-order valence-corrected chi connectivity index (χ2v) is 11.5. The highest BCUT2D eigenvalue weighted by Gasteiger charge is 2.47. The molecule has 9 heteroatoms. The maximum Gasteiger partial charge on any atom is 0.203 e. The van der Waals surface area contributed by atoms with Gasteiger partial charge < -0.3 is 28.8 Å². The van der Waals surface area contributed by atoms with E-state index in [4.69, 9.17) is 23.7 Å². The lowest BCUT2D eigenvalue weighted by Crippen LogP contribution is -2.45. The molecule has 1 atom stereocenters. The Bertz CT molecular complexity index is 1650. The van der Waals surface area contributed by atoms with Crippen LogP contribution < -0.4 is 28.6 Å². The van der Waals surface area contributed by atoms with Crippen LogP contribution in [0, 0.1) is 10.8 Å². The number of carbonyl (C=O) groups excluding carboxylic acids is 1. The van der Waals surface area contributed by atoms with Gasteiger partial charge in [0.25, 0.3) is 0 Å². The number of nitrogens with zero attached hydrogens (tertiary/aromatic N) is 1. The van der Waals surface area contributed by atoms with Crippen molar-refractivity contribution in [2.75, 3.05) is 40.4 Å². The SMILES string of the molecule is COc1ccc(OC)c(N2C(=N)C(=C(O)c3ccccc3)[C@@H](c3cc(OC)c(OC)c(OC)c3)C3=C2CC(C)(C)CC3=O)c1. The third-order valence-electron chi connectivity index (χ3n) is 8.17. The second kappa shape index (κ2) is 12.0. The molecule has 1 aliphatic heterocycles. The van der Waals surface area contributed by atoms with E-state index in [1.54, 1.807) is 61.6 Å². The lowest BCUT2D eigenvalue weighted by atomic mass is 9.67. The Morgan fingerprint density at radius 1 is 0.841 bits per heavy atom. The molecule has 1 aliphatic carbocycles. The van der Waals surface area contributed by atoms with Gasteiger partial charge in [0.2, 0.25) is 5.75 Å². The summed E-state index contributed by atoms with van der Waals surface area (Å²) in [5.74, 6) is 1.23. The third-order valence-corrected chi connectivity index (χ3v) is 8.17. The van der Waals surface area contributed by atoms with Crippen molar-refractivity contribution in [3.8, 4) is 28.7 Å². The van der Waals surface area contributed by atoms with Crippen molar-refractivity contribution in [3.63, 3.8) is 0 Å². The Kier molecular flexibility index (Phi) is 8.32. The molecule has 2 aliphatic rings. The molecule has 0 radical (unpaired) electrons. The summed E-state index contributed by atoms with van der Waals surface area (Å²) < 4.78 is 28.2. The molecule has 0 fully saturated rings. The average Bonchev–Trinajstić information content (AvgIpc) is 3.02. The quantitative estimate of drug-likeness (QED) is 0.269. The van der Waals surface area contributed by atoms with E-state index >= 15 is 0 Å². The number of hydrogen-bond donors (Lipinski definition) is 2. The Morgan fingerprint density at radius 2 is 1.48 bits per heavy atom. The van der Waals surface area contributed by atoms with Gasteiger partial charge in [-0.05, 0) is 41.7 Å². The number of ether oxygens (including phenoxy) is 5. The van der Waals surface area contributed by atoms with Crippen LogP contribution in [0.15, 0.2) is 77.5 Å². The van der Waals surface area contributed by atoms with Crippen LogP contribution in [0.25, 0.3) is 5.76 Å². The molecular weight excluding hydrogens is 560 g/mol. The molecule has 0 saturated heterocycles. The van der Waals surface area contributed by atoms with E-state index in [1.807, 2.05) is 32.0 Å². The summed E-state index contributed by atoms with van der Waals surface area (Å²) in [6, 6.07) is 17.9. The molecule has 1 heterocycles. The molecule has 0 unspecified atom stereocenters. The molecule has 0 bridgehead atoms. The van der Waals surface area contributed by atoms with Crippen molar-refractivity contribution in [1.29, 1.82) is 5.41 Å². The lowest BCUT2D eigenvalue weighted by molar-refractivity contribution is -0.118. The number of aliphatic hydroxyl groups excluding tert-OH is 1. The van der Waals surface area contributed by atoms with Crippen molar-refractivity contribution >= 4 is 23.1 Å². The fourth-order valence-corrected chi connectivity index (χ4v) is 6.20. The van der Waals surface area contributed by atoms with Gasteiger partial charge in [-0.3, -0.25) is 15.1 Å². The zero-order chi connectivity index (χ0) is 31.8. The number of Topliss-reactive ketones (excluding diaryl/α,β-unsaturated/α-hetero) is 1. The summed E-state index contributed by atoms with van der Waals surface area (Å²) >= 11 is 0. The first kappa shape index (κ1) is 30.5. The molecule has 3 aromatic rings. The van der Waals surface area contributed by atoms with E-state index in [0.29, 0.717) is 69.7 Å². The van der Waals surface area contributed by atoms with Gasteiger partial charge in [-0.1, -0.05) is 44.2 Å². The zero-order valence-electron chi connectivity index (χ0n) is 26.1. The first-order valence-corrected chi connectivity index (χ1v) is 14.2. The van der Waals surface area contributed by atoms with Crippen LogP contribution in [0.5, 0.6) is 28.7 Å². The molecule has 0 saturated carbocycles. The lowest BCUT2D eigenvalue weighted by Gasteiger charge is -2.45. The molecule has 0 amide bonds. The number of anilines is 1. The first-order valence-electron chi connectivity index (χ1n) is 14.2. The molecule has 3 aromatic carbocycles. The molecule has 9 nitrogen and oxygen atoms in total. The van der Waals surface area contributed by atoms with Crippen molar-refractivity contribution in [1.82, 2.24) is 0 Å². The number of hydrogen-bond acceptors (Lipinski definition) is 8. The number of benzene rings is 3. The molecule has 44 heavy (non-hydrogen) atoms. The number of allylic oxidation sites excluding steroid dienone is 2. The van der Waals surface area contributed by atoms with Gasteiger partial charge in [-0.15, -0.1) is 0 Å². The summed E-state index contributed by atoms with van der Waals surface area (Å²) in [5, 5.41) is 21.8. The van der Waals surface area contributed by atoms with Crippen LogP contribution in [0.3, 0.4) is 0 Å². The van der Waals surface area contributed by atoms with Gasteiger partial charge in [0, 0.05) is 40.8 Å². The molecular formula is C35H38N2O7. The summed E-state index contributed by atoms with van der Waals surface area (Å²) in [6.45, 7) is 4.08. The first-order chi connectivity index (χ1) is 21.1. The normalized spacial score (nSPS) is 18.9. The summed E-state index contributed by atoms with van der Waals surface area (Å²) in [5.41, 5.74) is 2.65. The van der Waals surface area contributed by atoms with E-state index in [9.17, 15) is 15.3 Å². The number of aliphatic hydroxyl groups is 1. The Hall–Kier alpha value is -4.92. The number of rotatable bonds is 8. The highest BCUT2D eigenvalue weighted by Crippen LogP contribution is 2.54. The van der Waals surface area contributed by atoms with E-state index in [-0.39, 0.29) is 28.4 Å². The molecule has 0 aromatic heterocycles. The highest BCUT2D eigenvalue weighted by atomic mass is 16.5. The summed E-state index contributed by atoms with van der Waals surface area (Å²) in [7, 11) is 7.70. The Labute approximate surface area is 257 Å². The standard InChI is InChI=1S/C35H38N2O7/c1-35(2)18-24-30(25(38)19-35)29(21-15-27(42-5)33(44-7)28(16-21)43-6)31(32(39)20-11-9-8-10-12-20)34(36)37(24)23-17-22(40-3)13-14-26(23)41-4/h8-17,29,36,39H,18-19H2,1-7H3/t29-/m0/s1. The van der Waals surface area contributed by atoms with E-state index in [0.717, 1.165) is 0 Å². The molecule has 5 rings (SSSR count). The van der Waals surface area contributed by atoms with Crippen molar-refractivity contribution in [2.45, 2.75) is 32.6 Å². The third kappa shape index (κ3) is 5.23. The van der Waals surface area contributed by atoms with Crippen LogP contribution >= 0.6 is 0 Å². The minimum absolute atomic E-state index is 0.000841. The predicted molar refractivity (Wildman–Crippen MR) is 170 cm³/mol. The van der Waals surface area contributed by atoms with E-state index < -0.39 is 5.92 Å². The number of carbonyl (C=O) groups is 1. The summed E-state index contributed by atoms with van der Waals surface area (Å²) in [4.78, 5) is 16.0. The van der Waals surface area contributed by atoms with Crippen molar-refractivity contribution in [3.05, 3.63) is 88.6 Å². The zero-order valence-corrected chi connectivity index (χ0v) is 26.1. The van der Waals surface area contributed by atoms with Crippen molar-refractivity contribution in [2.24, 2.45) is 5.41 Å². The van der Waals surface area contributed by atoms with Crippen LogP contribution in [-0.4, -0.2) is 52.3 Å². The van der Waals surface area contributed by atoms with Crippen LogP contribution in [0.4, 0.5) is 5.69 Å². The van der Waals surface area contributed by atoms with Gasteiger partial charge in [-0.25, -0.2) is 0 Å². The van der Waals surface area contributed by atoms with Crippen molar-refractivity contribution < 1.29 is 33.6 Å². The topological polar surface area (TPSA) is 111 Å². The number of ketones is 1. The predicted octanol–water partition coefficient (Wildman–Crippen LogP) is 6.92. The number of amidine groups is 1. The maximum atomic E-state index is 14.3. The van der Waals surface area contributed by atoms with E-state index in [1.165, 1.54) is 21.3 Å². The summed E-state index contributed by atoms with van der Waals surface area (Å²) in [6.07, 6.45) is 0.791. The largest absolute Gasteiger partial charge is 0.507 e. The minimum Gasteiger partial charge on any atom is -0.507 e. The number of methoxy groups -OCH3 is 5. The highest BCUT2D eigenvalue weighted by molar-refractivity contribution is 6.20. The minimum atomic E-state index is -0.817. The molecule has 230 valence electrons. The van der Waals surface area contributed by atoms with Crippen LogP contribution in [0.2, 0.25) is 0 Å². The molecule has 0 spiro atoms. The van der Waals surface area contributed by atoms with Gasteiger partial charge in [0.1, 0.15) is 23.1 Å². The van der Waals surface area contributed by atoms with Gasteiger partial charge in [-0.2, -0.15) is 0 Å². The van der Waals surface area contributed by atoms with E-state index in [2.05, 4.69) is 0 Å². The number of nitrogens with one attached hydrogen (secondary N) is 1. The van der Waals surface area contributed by atoms with Gasteiger partial charge in [0.15, 0.2) is 17.3 Å². The van der Waals surface area contributed by atoms with Gasteiger partial charge >= 0.3 is 0 Å². The Morgan fingerprint density at radius 3 is 2.05 bits per heavy atom. The smallest absolute Gasteiger partial charge is 0.203 e. The van der Waals surface area contributed by atoms with Gasteiger partial charge in [0.05, 0.1) is 41.2 Å². The second-order valence-electron chi connectivity index (χ2n) is 11.5. The monoisotopic (exact) mass is 598 g/mol. The van der Waals surface area contributed by atoms with Crippen LogP contribution in [-0.2, 0) is 4.79 Å². The van der Waals surface area contributed by atoms with Crippen LogP contribution in [0.1, 0.15) is 43.7 Å². The fourth-order valence-electron chi connectivity index (χ4n) is 6.20.